The summed E-state index contributed by atoms with van der Waals surface area (Å²) < 4.78 is 16.1. The van der Waals surface area contributed by atoms with E-state index in [4.69, 9.17) is 0 Å². The number of carbonyl (C=O) groups excluding carboxylic acids is 1. The molecule has 1 fully saturated rings. The average Bonchev–Trinajstić information content (AvgIpc) is 3.48. The van der Waals surface area contributed by atoms with Crippen LogP contribution in [-0.2, 0) is 17.9 Å². The van der Waals surface area contributed by atoms with Crippen LogP contribution in [0.1, 0.15) is 30.9 Å². The first-order valence-electron chi connectivity index (χ1n) is 10.8. The smallest absolute Gasteiger partial charge is 0.227 e. The second kappa shape index (κ2) is 10.1. The van der Waals surface area contributed by atoms with E-state index >= 15 is 0 Å². The Morgan fingerprint density at radius 3 is 2.62 bits per heavy atom. The number of hydrogen-bond acceptors (Lipinski definition) is 3. The van der Waals surface area contributed by atoms with Gasteiger partial charge in [0.15, 0.2) is 5.96 Å². The second-order valence-corrected chi connectivity index (χ2v) is 7.62. The molecule has 1 aromatic heterocycles. The van der Waals surface area contributed by atoms with Crippen molar-refractivity contribution in [3.63, 3.8) is 0 Å². The zero-order chi connectivity index (χ0) is 22.3. The molecule has 1 amide bonds. The molecule has 166 valence electrons. The summed E-state index contributed by atoms with van der Waals surface area (Å²) in [5, 5.41) is 6.52. The number of rotatable bonds is 7. The van der Waals surface area contributed by atoms with Crippen molar-refractivity contribution in [3.05, 3.63) is 78.1 Å². The molecular formula is C24H27FN6O. The van der Waals surface area contributed by atoms with Gasteiger partial charge < -0.3 is 20.1 Å². The van der Waals surface area contributed by atoms with Crippen LogP contribution in [0.3, 0.4) is 0 Å². The molecule has 0 atom stereocenters. The summed E-state index contributed by atoms with van der Waals surface area (Å²) in [7, 11) is 0. The van der Waals surface area contributed by atoms with Crippen molar-refractivity contribution >= 4 is 17.6 Å². The number of halogens is 1. The quantitative estimate of drug-likeness (QED) is 0.442. The molecule has 7 nitrogen and oxygen atoms in total. The Labute approximate surface area is 187 Å². The summed E-state index contributed by atoms with van der Waals surface area (Å²) in [6.07, 6.45) is 6.44. The van der Waals surface area contributed by atoms with E-state index in [2.05, 4.69) is 20.6 Å². The van der Waals surface area contributed by atoms with Crippen LogP contribution >= 0.6 is 0 Å². The van der Waals surface area contributed by atoms with Gasteiger partial charge in [0.25, 0.3) is 0 Å². The summed E-state index contributed by atoms with van der Waals surface area (Å²) >= 11 is 0. The van der Waals surface area contributed by atoms with Gasteiger partial charge in [-0.3, -0.25) is 4.79 Å². The number of nitrogens with zero attached hydrogens (tertiary/aromatic N) is 4. The van der Waals surface area contributed by atoms with E-state index in [0.717, 1.165) is 36.3 Å². The molecule has 1 saturated heterocycles. The highest BCUT2D eigenvalue weighted by molar-refractivity contribution is 5.95. The van der Waals surface area contributed by atoms with Gasteiger partial charge in [0.2, 0.25) is 5.91 Å². The van der Waals surface area contributed by atoms with E-state index < -0.39 is 0 Å². The molecule has 4 rings (SSSR count). The van der Waals surface area contributed by atoms with Crippen LogP contribution in [0.15, 0.2) is 66.2 Å². The molecule has 8 heteroatoms. The number of aromatic nitrogens is 2. The Kier molecular flexibility index (Phi) is 6.79. The second-order valence-electron chi connectivity index (χ2n) is 7.62. The van der Waals surface area contributed by atoms with E-state index in [9.17, 15) is 9.18 Å². The maximum atomic E-state index is 14.5. The standard InChI is InChI=1S/C24H27FN6O/c1-2-27-24(28-15-18-5-8-20(9-6-18)31-12-3-4-23(31)32)29-16-19-7-10-22(21(25)14-19)30-13-11-26-17-30/h5-11,13-14,17H,2-4,12,15-16H2,1H3,(H2,27,28,29). The lowest BCUT2D eigenvalue weighted by atomic mass is 10.2. The molecule has 3 aromatic rings. The monoisotopic (exact) mass is 434 g/mol. The summed E-state index contributed by atoms with van der Waals surface area (Å²) in [5.74, 6) is 0.530. The third kappa shape index (κ3) is 5.14. The molecule has 1 aliphatic heterocycles. The number of benzene rings is 2. The van der Waals surface area contributed by atoms with Crippen LogP contribution in [0.4, 0.5) is 10.1 Å². The van der Waals surface area contributed by atoms with Gasteiger partial charge in [0.1, 0.15) is 5.82 Å². The van der Waals surface area contributed by atoms with Crippen LogP contribution in [0.2, 0.25) is 0 Å². The van der Waals surface area contributed by atoms with E-state index in [1.165, 1.54) is 6.07 Å². The minimum Gasteiger partial charge on any atom is -0.357 e. The molecule has 2 heterocycles. The first-order chi connectivity index (χ1) is 15.6. The lowest BCUT2D eigenvalue weighted by Gasteiger charge is -2.16. The summed E-state index contributed by atoms with van der Waals surface area (Å²) in [4.78, 5) is 22.3. The molecule has 0 spiro atoms. The third-order valence-electron chi connectivity index (χ3n) is 5.34. The molecule has 0 bridgehead atoms. The van der Waals surface area contributed by atoms with Crippen LogP contribution < -0.4 is 15.5 Å². The van der Waals surface area contributed by atoms with E-state index in [-0.39, 0.29) is 11.7 Å². The highest BCUT2D eigenvalue weighted by Gasteiger charge is 2.21. The predicted octanol–water partition coefficient (Wildman–Crippen LogP) is 3.39. The van der Waals surface area contributed by atoms with Crippen molar-refractivity contribution in [2.75, 3.05) is 18.0 Å². The zero-order valence-corrected chi connectivity index (χ0v) is 18.1. The van der Waals surface area contributed by atoms with Crippen molar-refractivity contribution in [3.8, 4) is 5.69 Å². The topological polar surface area (TPSA) is 74.6 Å². The van der Waals surface area contributed by atoms with Gasteiger partial charge in [0, 0.05) is 44.1 Å². The van der Waals surface area contributed by atoms with Gasteiger partial charge in [-0.05, 0) is 48.7 Å². The fourth-order valence-corrected chi connectivity index (χ4v) is 3.67. The largest absolute Gasteiger partial charge is 0.357 e. The van der Waals surface area contributed by atoms with Gasteiger partial charge >= 0.3 is 0 Å². The Morgan fingerprint density at radius 1 is 1.16 bits per heavy atom. The van der Waals surface area contributed by atoms with Crippen LogP contribution in [0.25, 0.3) is 5.69 Å². The third-order valence-corrected chi connectivity index (χ3v) is 5.34. The Balaban J connectivity index is 1.37. The lowest BCUT2D eigenvalue weighted by molar-refractivity contribution is -0.117. The molecule has 32 heavy (non-hydrogen) atoms. The predicted molar refractivity (Wildman–Crippen MR) is 123 cm³/mol. The fraction of sp³-hybridized carbons (Fsp3) is 0.292. The first-order valence-corrected chi connectivity index (χ1v) is 10.8. The molecule has 0 unspecified atom stereocenters. The number of guanidine groups is 1. The van der Waals surface area contributed by atoms with E-state index in [1.54, 1.807) is 29.4 Å². The molecule has 0 aliphatic carbocycles. The molecule has 0 radical (unpaired) electrons. The van der Waals surface area contributed by atoms with Crippen LogP contribution in [-0.4, -0.2) is 34.5 Å². The molecule has 2 N–H and O–H groups in total. The number of hydrogen-bond donors (Lipinski definition) is 2. The highest BCUT2D eigenvalue weighted by Crippen LogP contribution is 2.21. The zero-order valence-electron chi connectivity index (χ0n) is 18.1. The summed E-state index contributed by atoms with van der Waals surface area (Å²) in [6, 6.07) is 13.1. The molecular weight excluding hydrogens is 407 g/mol. The number of aliphatic imine (C=N–C) groups is 1. The Morgan fingerprint density at radius 2 is 1.97 bits per heavy atom. The summed E-state index contributed by atoms with van der Waals surface area (Å²) in [6.45, 7) is 4.45. The first kappa shape index (κ1) is 21.5. The molecule has 0 saturated carbocycles. The maximum absolute atomic E-state index is 14.5. The van der Waals surface area contributed by atoms with Crippen molar-refractivity contribution < 1.29 is 9.18 Å². The fourth-order valence-electron chi connectivity index (χ4n) is 3.67. The minimum atomic E-state index is -0.315. The van der Waals surface area contributed by atoms with Crippen molar-refractivity contribution in [2.24, 2.45) is 4.99 Å². The van der Waals surface area contributed by atoms with Gasteiger partial charge in [-0.2, -0.15) is 0 Å². The normalized spacial score (nSPS) is 14.1. The van der Waals surface area contributed by atoms with Crippen molar-refractivity contribution in [1.82, 2.24) is 20.2 Å². The number of imidazole rings is 1. The van der Waals surface area contributed by atoms with Gasteiger partial charge in [0.05, 0.1) is 18.6 Å². The Bertz CT molecular complexity index is 1080. The molecule has 2 aromatic carbocycles. The number of anilines is 1. The highest BCUT2D eigenvalue weighted by atomic mass is 19.1. The Hall–Kier alpha value is -3.68. The lowest BCUT2D eigenvalue weighted by Crippen LogP contribution is -2.36. The van der Waals surface area contributed by atoms with Crippen molar-refractivity contribution in [1.29, 1.82) is 0 Å². The van der Waals surface area contributed by atoms with E-state index in [1.807, 2.05) is 42.2 Å². The van der Waals surface area contributed by atoms with Crippen LogP contribution in [0, 0.1) is 5.82 Å². The van der Waals surface area contributed by atoms with Gasteiger partial charge in [-0.1, -0.05) is 18.2 Å². The average molecular weight is 435 g/mol. The number of amides is 1. The summed E-state index contributed by atoms with van der Waals surface area (Å²) in [5.41, 5.74) is 3.27. The van der Waals surface area contributed by atoms with Crippen molar-refractivity contribution in [2.45, 2.75) is 32.9 Å². The maximum Gasteiger partial charge on any atom is 0.227 e. The molecule has 1 aliphatic rings. The number of nitrogens with one attached hydrogen (secondary N) is 2. The SMILES string of the molecule is CCNC(=NCc1ccc(-n2ccnc2)c(F)c1)NCc1ccc(N2CCCC2=O)cc1. The van der Waals surface area contributed by atoms with E-state index in [0.29, 0.717) is 31.2 Å². The number of carbonyl (C=O) groups is 1. The van der Waals surface area contributed by atoms with Gasteiger partial charge in [-0.15, -0.1) is 0 Å². The minimum absolute atomic E-state index is 0.187. The van der Waals surface area contributed by atoms with Gasteiger partial charge in [-0.25, -0.2) is 14.4 Å². The van der Waals surface area contributed by atoms with Crippen LogP contribution in [0.5, 0.6) is 0 Å².